The summed E-state index contributed by atoms with van der Waals surface area (Å²) in [6, 6.07) is 6.40. The van der Waals surface area contributed by atoms with Crippen molar-refractivity contribution in [2.75, 3.05) is 0 Å². The Balaban J connectivity index is 1.82. The second-order valence-corrected chi connectivity index (χ2v) is 5.86. The van der Waals surface area contributed by atoms with Gasteiger partial charge < -0.3 is 4.74 Å². The molecule has 2 aromatic heterocycles. The van der Waals surface area contributed by atoms with Crippen LogP contribution >= 0.6 is 11.6 Å². The van der Waals surface area contributed by atoms with E-state index in [-0.39, 0.29) is 28.5 Å². The van der Waals surface area contributed by atoms with Gasteiger partial charge in [-0.1, -0.05) is 11.6 Å². The number of hydrogen-bond donors (Lipinski definition) is 0. The average molecular weight is 394 g/mol. The molecule has 0 spiro atoms. The van der Waals surface area contributed by atoms with Crippen LogP contribution in [0.5, 0.6) is 11.5 Å². The van der Waals surface area contributed by atoms with Crippen molar-refractivity contribution in [3.63, 3.8) is 0 Å². The molecule has 0 unspecified atom stereocenters. The number of rotatable bonds is 6. The summed E-state index contributed by atoms with van der Waals surface area (Å²) in [5.41, 5.74) is -0.769. The highest BCUT2D eigenvalue weighted by atomic mass is 35.5. The van der Waals surface area contributed by atoms with Crippen molar-refractivity contribution >= 4 is 17.4 Å². The fourth-order valence-electron chi connectivity index (χ4n) is 2.28. The molecule has 0 saturated heterocycles. The Morgan fingerprint density at radius 3 is 2.56 bits per heavy atom. The summed E-state index contributed by atoms with van der Waals surface area (Å²) in [5.74, 6) is -0.934. The Hall–Kier alpha value is -3.00. The number of aromatic nitrogens is 3. The number of Topliss-reactive ketones (excluding diaryl/α,β-unsaturated/α-hetero) is 1. The SMILES string of the molecule is O=C(Cc1ccc(F)c(C(F)F)n1)c1cc(Cl)cc(Oc2cncnc2)c1. The average Bonchev–Trinajstić information content (AvgIpc) is 2.63. The Bertz CT molecular complexity index is 971. The molecule has 0 aliphatic heterocycles. The number of ether oxygens (including phenoxy) is 1. The zero-order chi connectivity index (χ0) is 19.4. The number of carbonyl (C=O) groups is 1. The van der Waals surface area contributed by atoms with E-state index < -0.39 is 23.7 Å². The van der Waals surface area contributed by atoms with Gasteiger partial charge in [-0.05, 0) is 30.3 Å². The molecular weight excluding hydrogens is 383 g/mol. The van der Waals surface area contributed by atoms with Crippen LogP contribution in [0.25, 0.3) is 0 Å². The first-order valence-electron chi connectivity index (χ1n) is 7.62. The fraction of sp³-hybridized carbons (Fsp3) is 0.111. The highest BCUT2D eigenvalue weighted by Gasteiger charge is 2.18. The number of nitrogens with zero attached hydrogens (tertiary/aromatic N) is 3. The van der Waals surface area contributed by atoms with Crippen LogP contribution in [-0.2, 0) is 6.42 Å². The van der Waals surface area contributed by atoms with Gasteiger partial charge in [-0.25, -0.2) is 28.1 Å². The van der Waals surface area contributed by atoms with E-state index in [4.69, 9.17) is 16.3 Å². The topological polar surface area (TPSA) is 65.0 Å². The summed E-state index contributed by atoms with van der Waals surface area (Å²) in [5, 5.41) is 0.244. The number of halogens is 4. The van der Waals surface area contributed by atoms with Gasteiger partial charge in [-0.2, -0.15) is 0 Å². The van der Waals surface area contributed by atoms with Crippen LogP contribution in [0.4, 0.5) is 13.2 Å². The number of benzene rings is 1. The molecule has 0 N–H and O–H groups in total. The zero-order valence-electron chi connectivity index (χ0n) is 13.6. The second-order valence-electron chi connectivity index (χ2n) is 5.42. The maximum atomic E-state index is 13.3. The summed E-state index contributed by atoms with van der Waals surface area (Å²) in [4.78, 5) is 23.6. The van der Waals surface area contributed by atoms with Crippen LogP contribution < -0.4 is 4.74 Å². The lowest BCUT2D eigenvalue weighted by Crippen LogP contribution is -2.08. The predicted molar refractivity (Wildman–Crippen MR) is 90.7 cm³/mol. The highest BCUT2D eigenvalue weighted by Crippen LogP contribution is 2.26. The maximum absolute atomic E-state index is 13.3. The maximum Gasteiger partial charge on any atom is 0.283 e. The van der Waals surface area contributed by atoms with Crippen molar-refractivity contribution in [3.05, 3.63) is 76.8 Å². The van der Waals surface area contributed by atoms with E-state index in [9.17, 15) is 18.0 Å². The van der Waals surface area contributed by atoms with Crippen molar-refractivity contribution in [1.29, 1.82) is 0 Å². The fourth-order valence-corrected chi connectivity index (χ4v) is 2.50. The zero-order valence-corrected chi connectivity index (χ0v) is 14.3. The second kappa shape index (κ2) is 8.13. The molecule has 1 aromatic carbocycles. The Kier molecular flexibility index (Phi) is 5.66. The number of hydrogen-bond acceptors (Lipinski definition) is 5. The van der Waals surface area contributed by atoms with Gasteiger partial charge in [0, 0.05) is 16.3 Å². The molecule has 0 radical (unpaired) electrons. The lowest BCUT2D eigenvalue weighted by Gasteiger charge is -2.08. The van der Waals surface area contributed by atoms with Crippen LogP contribution in [0, 0.1) is 5.82 Å². The van der Waals surface area contributed by atoms with Crippen molar-refractivity contribution in [2.24, 2.45) is 0 Å². The molecule has 0 bridgehead atoms. The first kappa shape index (κ1) is 18.8. The van der Waals surface area contributed by atoms with E-state index in [1.54, 1.807) is 0 Å². The molecule has 3 aromatic rings. The van der Waals surface area contributed by atoms with Crippen LogP contribution in [-0.4, -0.2) is 20.7 Å². The van der Waals surface area contributed by atoms with E-state index in [0.29, 0.717) is 5.75 Å². The normalized spacial score (nSPS) is 10.9. The van der Waals surface area contributed by atoms with Crippen LogP contribution in [0.15, 0.2) is 49.1 Å². The number of carbonyl (C=O) groups excluding carboxylic acids is 1. The molecule has 27 heavy (non-hydrogen) atoms. The Labute approximate surface area is 156 Å². The molecule has 0 saturated carbocycles. The molecule has 3 rings (SSSR count). The summed E-state index contributed by atoms with van der Waals surface area (Å²) in [7, 11) is 0. The smallest absolute Gasteiger partial charge is 0.283 e. The van der Waals surface area contributed by atoms with Crippen molar-refractivity contribution in [2.45, 2.75) is 12.8 Å². The van der Waals surface area contributed by atoms with Gasteiger partial charge in [0.1, 0.15) is 17.8 Å². The first-order chi connectivity index (χ1) is 12.9. The van der Waals surface area contributed by atoms with Crippen molar-refractivity contribution < 1.29 is 22.7 Å². The lowest BCUT2D eigenvalue weighted by molar-refractivity contribution is 0.0990. The number of alkyl halides is 2. The van der Waals surface area contributed by atoms with Crippen LogP contribution in [0.1, 0.15) is 28.2 Å². The largest absolute Gasteiger partial charge is 0.454 e. The monoisotopic (exact) mass is 393 g/mol. The predicted octanol–water partition coefficient (Wildman–Crippen LogP) is 4.82. The third-order valence-corrected chi connectivity index (χ3v) is 3.66. The molecule has 138 valence electrons. The molecule has 2 heterocycles. The van der Waals surface area contributed by atoms with Gasteiger partial charge in [0.05, 0.1) is 18.8 Å². The standard InChI is InChI=1S/C18H11ClF3N3O2/c19-11-3-10(4-13(5-11)27-14-7-23-9-24-8-14)16(26)6-12-1-2-15(20)17(25-12)18(21)22/h1-5,7-9,18H,6H2. The molecule has 0 atom stereocenters. The Morgan fingerprint density at radius 2 is 1.85 bits per heavy atom. The third-order valence-electron chi connectivity index (χ3n) is 3.45. The molecule has 0 fully saturated rings. The van der Waals surface area contributed by atoms with Gasteiger partial charge in [0.15, 0.2) is 17.3 Å². The molecule has 0 aliphatic carbocycles. The summed E-state index contributed by atoms with van der Waals surface area (Å²) < 4.78 is 44.4. The van der Waals surface area contributed by atoms with Gasteiger partial charge in [0.25, 0.3) is 6.43 Å². The van der Waals surface area contributed by atoms with E-state index in [2.05, 4.69) is 15.0 Å². The molecule has 5 nitrogen and oxygen atoms in total. The minimum absolute atomic E-state index is 0.0237. The van der Waals surface area contributed by atoms with E-state index in [0.717, 1.165) is 6.07 Å². The minimum atomic E-state index is -3.07. The molecular formula is C18H11ClF3N3O2. The summed E-state index contributed by atoms with van der Waals surface area (Å²) >= 11 is 6.02. The summed E-state index contributed by atoms with van der Waals surface area (Å²) in [6.45, 7) is 0. The molecule has 0 aliphatic rings. The van der Waals surface area contributed by atoms with Gasteiger partial charge in [-0.15, -0.1) is 0 Å². The van der Waals surface area contributed by atoms with Crippen molar-refractivity contribution in [3.8, 4) is 11.5 Å². The molecule has 9 heteroatoms. The summed E-state index contributed by atoms with van der Waals surface area (Å²) in [6.07, 6.45) is 0.837. The van der Waals surface area contributed by atoms with Gasteiger partial charge in [-0.3, -0.25) is 4.79 Å². The third kappa shape index (κ3) is 4.79. The molecule has 0 amide bonds. The quantitative estimate of drug-likeness (QED) is 0.562. The van der Waals surface area contributed by atoms with Crippen LogP contribution in [0.2, 0.25) is 5.02 Å². The van der Waals surface area contributed by atoms with Crippen LogP contribution in [0.3, 0.4) is 0 Å². The first-order valence-corrected chi connectivity index (χ1v) is 8.00. The lowest BCUT2D eigenvalue weighted by atomic mass is 10.1. The van der Waals surface area contributed by atoms with Gasteiger partial charge >= 0.3 is 0 Å². The number of pyridine rings is 1. The number of ketones is 1. The van der Waals surface area contributed by atoms with E-state index in [1.807, 2.05) is 0 Å². The Morgan fingerprint density at radius 1 is 1.11 bits per heavy atom. The van der Waals surface area contributed by atoms with E-state index >= 15 is 0 Å². The van der Waals surface area contributed by atoms with Crippen molar-refractivity contribution in [1.82, 2.24) is 15.0 Å². The van der Waals surface area contributed by atoms with E-state index in [1.165, 1.54) is 43.0 Å². The van der Waals surface area contributed by atoms with Gasteiger partial charge in [0.2, 0.25) is 0 Å². The minimum Gasteiger partial charge on any atom is -0.454 e. The highest BCUT2D eigenvalue weighted by molar-refractivity contribution is 6.31.